The molecule has 29 heavy (non-hydrogen) atoms. The lowest BCUT2D eigenvalue weighted by Gasteiger charge is -2.08. The Morgan fingerprint density at radius 1 is 0.966 bits per heavy atom. The van der Waals surface area contributed by atoms with E-state index in [1.807, 2.05) is 35.7 Å². The maximum absolute atomic E-state index is 12.4. The summed E-state index contributed by atoms with van der Waals surface area (Å²) in [6, 6.07) is 19.7. The molecule has 0 aliphatic rings. The zero-order chi connectivity index (χ0) is 20.1. The van der Waals surface area contributed by atoms with Gasteiger partial charge in [0.1, 0.15) is 17.2 Å². The van der Waals surface area contributed by atoms with E-state index >= 15 is 0 Å². The van der Waals surface area contributed by atoms with Crippen molar-refractivity contribution in [1.29, 1.82) is 0 Å². The molecule has 2 aromatic carbocycles. The highest BCUT2D eigenvalue weighted by Crippen LogP contribution is 2.27. The second kappa shape index (κ2) is 8.53. The Bertz CT molecular complexity index is 1130. The van der Waals surface area contributed by atoms with Crippen molar-refractivity contribution in [1.82, 2.24) is 9.97 Å². The molecule has 0 atom stereocenters. The van der Waals surface area contributed by atoms with E-state index in [0.29, 0.717) is 17.1 Å². The minimum absolute atomic E-state index is 0.419. The van der Waals surface area contributed by atoms with Gasteiger partial charge in [-0.2, -0.15) is 0 Å². The van der Waals surface area contributed by atoms with Crippen LogP contribution in [0.5, 0.6) is 11.5 Å². The van der Waals surface area contributed by atoms with E-state index in [1.54, 1.807) is 49.7 Å². The Balaban J connectivity index is 1.46. The Hall–Kier alpha value is -3.71. The molecule has 6 nitrogen and oxygen atoms in total. The number of ether oxygens (including phenoxy) is 2. The Morgan fingerprint density at radius 3 is 2.66 bits per heavy atom. The molecule has 2 aromatic heterocycles. The standard InChI is InChI=1S/C22H17N3O3S/c1-27-17-8-4-6-15(12-17)21(26)28-18-9-5-7-16(13-18)24-22-25-20(14-29-22)19-10-2-3-11-23-19/h2-14H,1H3,(H,24,25). The molecule has 0 spiro atoms. The first kappa shape index (κ1) is 18.6. The number of carbonyl (C=O) groups excluding carboxylic acids is 1. The average Bonchev–Trinajstić information content (AvgIpc) is 3.23. The molecule has 7 heteroatoms. The summed E-state index contributed by atoms with van der Waals surface area (Å²) < 4.78 is 10.6. The molecule has 0 unspecified atom stereocenters. The van der Waals surface area contributed by atoms with Crippen molar-refractivity contribution in [2.45, 2.75) is 0 Å². The number of hydrogen-bond acceptors (Lipinski definition) is 7. The van der Waals surface area contributed by atoms with E-state index in [0.717, 1.165) is 22.2 Å². The number of benzene rings is 2. The predicted molar refractivity (Wildman–Crippen MR) is 113 cm³/mol. The molecule has 1 N–H and O–H groups in total. The first-order valence-electron chi connectivity index (χ1n) is 8.81. The number of hydrogen-bond donors (Lipinski definition) is 1. The van der Waals surface area contributed by atoms with E-state index < -0.39 is 5.97 Å². The second-order valence-electron chi connectivity index (χ2n) is 6.03. The zero-order valence-electron chi connectivity index (χ0n) is 15.5. The van der Waals surface area contributed by atoms with Crippen molar-refractivity contribution >= 4 is 28.1 Å². The van der Waals surface area contributed by atoms with Crippen LogP contribution in [0.3, 0.4) is 0 Å². The molecule has 4 rings (SSSR count). The fraction of sp³-hybridized carbons (Fsp3) is 0.0455. The van der Waals surface area contributed by atoms with Gasteiger partial charge >= 0.3 is 5.97 Å². The van der Waals surface area contributed by atoms with E-state index in [-0.39, 0.29) is 0 Å². The van der Waals surface area contributed by atoms with E-state index in [4.69, 9.17) is 9.47 Å². The van der Waals surface area contributed by atoms with Crippen LogP contribution in [0.25, 0.3) is 11.4 Å². The third-order valence-corrected chi connectivity index (χ3v) is 4.79. The summed E-state index contributed by atoms with van der Waals surface area (Å²) >= 11 is 1.48. The molecule has 0 saturated heterocycles. The van der Waals surface area contributed by atoms with Crippen molar-refractivity contribution < 1.29 is 14.3 Å². The number of carbonyl (C=O) groups is 1. The van der Waals surface area contributed by atoms with Crippen LogP contribution in [0.2, 0.25) is 0 Å². The second-order valence-corrected chi connectivity index (χ2v) is 6.89. The minimum Gasteiger partial charge on any atom is -0.497 e. The number of nitrogens with one attached hydrogen (secondary N) is 1. The van der Waals surface area contributed by atoms with Crippen LogP contribution in [0.15, 0.2) is 78.3 Å². The van der Waals surface area contributed by atoms with Crippen molar-refractivity contribution in [3.05, 3.63) is 83.9 Å². The summed E-state index contributed by atoms with van der Waals surface area (Å²) in [6.07, 6.45) is 1.74. The molecular formula is C22H17N3O3S. The summed E-state index contributed by atoms with van der Waals surface area (Å²) in [4.78, 5) is 21.3. The topological polar surface area (TPSA) is 73.3 Å². The average molecular weight is 403 g/mol. The fourth-order valence-electron chi connectivity index (χ4n) is 2.64. The van der Waals surface area contributed by atoms with Gasteiger partial charge in [0.05, 0.1) is 18.4 Å². The van der Waals surface area contributed by atoms with Gasteiger partial charge in [0.2, 0.25) is 0 Å². The molecule has 0 saturated carbocycles. The first-order valence-corrected chi connectivity index (χ1v) is 9.69. The Labute approximate surface area is 171 Å². The van der Waals surface area contributed by atoms with Crippen molar-refractivity contribution in [2.75, 3.05) is 12.4 Å². The van der Waals surface area contributed by atoms with Crippen LogP contribution in [-0.2, 0) is 0 Å². The molecule has 144 valence electrons. The van der Waals surface area contributed by atoms with Crippen molar-refractivity contribution in [2.24, 2.45) is 0 Å². The highest BCUT2D eigenvalue weighted by atomic mass is 32.1. The third kappa shape index (κ3) is 4.59. The lowest BCUT2D eigenvalue weighted by molar-refractivity contribution is 0.0734. The third-order valence-electron chi connectivity index (χ3n) is 4.03. The van der Waals surface area contributed by atoms with E-state index in [9.17, 15) is 4.79 Å². The van der Waals surface area contributed by atoms with Gasteiger partial charge in [-0.1, -0.05) is 18.2 Å². The fourth-order valence-corrected chi connectivity index (χ4v) is 3.36. The quantitative estimate of drug-likeness (QED) is 0.353. The zero-order valence-corrected chi connectivity index (χ0v) is 16.3. The maximum atomic E-state index is 12.4. The Kier molecular flexibility index (Phi) is 5.49. The highest BCUT2D eigenvalue weighted by molar-refractivity contribution is 7.14. The van der Waals surface area contributed by atoms with Gasteiger partial charge in [0.15, 0.2) is 5.13 Å². The van der Waals surface area contributed by atoms with Gasteiger partial charge in [0, 0.05) is 23.3 Å². The Morgan fingerprint density at radius 2 is 1.83 bits per heavy atom. The van der Waals surface area contributed by atoms with Crippen LogP contribution in [0, 0.1) is 0 Å². The molecule has 0 bridgehead atoms. The molecule has 0 aliphatic carbocycles. The minimum atomic E-state index is -0.451. The van der Waals surface area contributed by atoms with Gasteiger partial charge in [-0.15, -0.1) is 11.3 Å². The van der Waals surface area contributed by atoms with Crippen LogP contribution in [0.1, 0.15) is 10.4 Å². The van der Waals surface area contributed by atoms with Gasteiger partial charge < -0.3 is 14.8 Å². The molecule has 4 aromatic rings. The maximum Gasteiger partial charge on any atom is 0.343 e. The van der Waals surface area contributed by atoms with Crippen LogP contribution in [0.4, 0.5) is 10.8 Å². The molecular weight excluding hydrogens is 386 g/mol. The van der Waals surface area contributed by atoms with Crippen LogP contribution >= 0.6 is 11.3 Å². The smallest absolute Gasteiger partial charge is 0.343 e. The number of methoxy groups -OCH3 is 1. The van der Waals surface area contributed by atoms with Gasteiger partial charge in [-0.3, -0.25) is 4.98 Å². The molecule has 0 fully saturated rings. The van der Waals surface area contributed by atoms with Crippen molar-refractivity contribution in [3.8, 4) is 22.9 Å². The summed E-state index contributed by atoms with van der Waals surface area (Å²) in [5, 5.41) is 5.90. The lowest BCUT2D eigenvalue weighted by Crippen LogP contribution is -2.08. The van der Waals surface area contributed by atoms with Crippen LogP contribution in [-0.4, -0.2) is 23.0 Å². The molecule has 0 aliphatic heterocycles. The summed E-state index contributed by atoms with van der Waals surface area (Å²) in [5.41, 5.74) is 2.81. The predicted octanol–water partition coefficient (Wildman–Crippen LogP) is 5.18. The highest BCUT2D eigenvalue weighted by Gasteiger charge is 2.11. The van der Waals surface area contributed by atoms with Crippen LogP contribution < -0.4 is 14.8 Å². The van der Waals surface area contributed by atoms with Crippen molar-refractivity contribution in [3.63, 3.8) is 0 Å². The number of aromatic nitrogens is 2. The van der Waals surface area contributed by atoms with E-state index in [2.05, 4.69) is 15.3 Å². The number of esters is 1. The first-order chi connectivity index (χ1) is 14.2. The molecule has 2 heterocycles. The largest absolute Gasteiger partial charge is 0.497 e. The van der Waals surface area contributed by atoms with Gasteiger partial charge in [-0.05, 0) is 42.5 Å². The number of pyridine rings is 1. The van der Waals surface area contributed by atoms with E-state index in [1.165, 1.54) is 11.3 Å². The number of nitrogens with zero attached hydrogens (tertiary/aromatic N) is 2. The SMILES string of the molecule is COc1cccc(C(=O)Oc2cccc(Nc3nc(-c4ccccn4)cs3)c2)c1. The summed E-state index contributed by atoms with van der Waals surface area (Å²) in [7, 11) is 1.55. The summed E-state index contributed by atoms with van der Waals surface area (Å²) in [5.74, 6) is 0.583. The van der Waals surface area contributed by atoms with Gasteiger partial charge in [0.25, 0.3) is 0 Å². The van der Waals surface area contributed by atoms with Gasteiger partial charge in [-0.25, -0.2) is 9.78 Å². The normalized spacial score (nSPS) is 10.4. The molecule has 0 amide bonds. The number of anilines is 2. The lowest BCUT2D eigenvalue weighted by atomic mass is 10.2. The number of rotatable bonds is 6. The molecule has 0 radical (unpaired) electrons. The number of thiazole rings is 1. The monoisotopic (exact) mass is 403 g/mol. The summed E-state index contributed by atoms with van der Waals surface area (Å²) in [6.45, 7) is 0.